The van der Waals surface area contributed by atoms with Gasteiger partial charge in [-0.1, -0.05) is 0 Å². The van der Waals surface area contributed by atoms with Gasteiger partial charge in [0.1, 0.15) is 0 Å². The largest absolute Gasteiger partial charge is 0.395 e. The van der Waals surface area contributed by atoms with Crippen LogP contribution in [0, 0.1) is 0 Å². The van der Waals surface area contributed by atoms with Gasteiger partial charge in [0.05, 0.1) is 11.9 Å². The molecule has 10 heavy (non-hydrogen) atoms. The molecule has 0 unspecified atom stereocenters. The van der Waals surface area contributed by atoms with Gasteiger partial charge in [-0.05, 0) is 0 Å². The highest BCUT2D eigenvalue weighted by molar-refractivity contribution is 5.81. The van der Waals surface area contributed by atoms with Gasteiger partial charge in [-0.3, -0.25) is 0 Å². The Kier molecular flexibility index (Phi) is 0.830. The molecule has 2 aromatic rings. The summed E-state index contributed by atoms with van der Waals surface area (Å²) in [6.45, 7) is 0. The van der Waals surface area contributed by atoms with Crippen LogP contribution in [-0.2, 0) is 0 Å². The maximum atomic E-state index is 5.48. The molecule has 0 aliphatic heterocycles. The van der Waals surface area contributed by atoms with Gasteiger partial charge in [-0.25, -0.2) is 0 Å². The summed E-state index contributed by atoms with van der Waals surface area (Å²) in [5, 5.41) is 17.1. The molecular weight excluding hydrogens is 132 g/mol. The highest BCUT2D eigenvalue weighted by Gasteiger charge is 2.01. The summed E-state index contributed by atoms with van der Waals surface area (Å²) in [6, 6.07) is 0. The van der Waals surface area contributed by atoms with Gasteiger partial charge < -0.3 is 5.73 Å². The summed E-state index contributed by atoms with van der Waals surface area (Å²) in [5.41, 5.74) is 6.97. The molecule has 2 rings (SSSR count). The average Bonchev–Trinajstić information content (AvgIpc) is 2.36. The van der Waals surface area contributed by atoms with Gasteiger partial charge in [0, 0.05) is 0 Å². The molecule has 6 nitrogen and oxygen atoms in total. The molecule has 3 N–H and O–H groups in total. The molecule has 0 aliphatic carbocycles. The fourth-order valence-electron chi connectivity index (χ4n) is 0.696. The Morgan fingerprint density at radius 1 is 1.40 bits per heavy atom. The van der Waals surface area contributed by atoms with Crippen LogP contribution < -0.4 is 5.73 Å². The van der Waals surface area contributed by atoms with Crippen molar-refractivity contribution in [3.05, 3.63) is 6.20 Å². The molecule has 0 spiro atoms. The zero-order valence-electron chi connectivity index (χ0n) is 4.94. The van der Waals surface area contributed by atoms with Gasteiger partial charge in [0.25, 0.3) is 0 Å². The van der Waals surface area contributed by atoms with Crippen LogP contribution in [0.1, 0.15) is 0 Å². The van der Waals surface area contributed by atoms with E-state index in [9.17, 15) is 0 Å². The third kappa shape index (κ3) is 0.524. The Bertz CT molecular complexity index is 351. The number of rotatable bonds is 0. The molecule has 6 heteroatoms. The number of nitrogens with two attached hydrogens (primary N) is 1. The van der Waals surface area contributed by atoms with Gasteiger partial charge in [0.15, 0.2) is 5.52 Å². The van der Waals surface area contributed by atoms with Crippen molar-refractivity contribution in [3.63, 3.8) is 0 Å². The molecule has 0 aromatic carbocycles. The Hall–Kier alpha value is -1.72. The number of aromatic nitrogens is 5. The monoisotopic (exact) mass is 136 g/mol. The summed E-state index contributed by atoms with van der Waals surface area (Å²) >= 11 is 0. The fourth-order valence-corrected chi connectivity index (χ4v) is 0.696. The number of nitrogens with one attached hydrogen (secondary N) is 1. The first-order valence-electron chi connectivity index (χ1n) is 2.65. The topological polar surface area (TPSA) is 93.4 Å². The molecule has 0 saturated carbocycles. The number of fused-ring (bicyclic) bond motifs is 1. The van der Waals surface area contributed by atoms with Crippen molar-refractivity contribution in [2.75, 3.05) is 5.73 Å². The second-order valence-electron chi connectivity index (χ2n) is 1.80. The van der Waals surface area contributed by atoms with Crippen molar-refractivity contribution in [1.82, 2.24) is 25.6 Å². The first-order chi connectivity index (χ1) is 4.88. The highest BCUT2D eigenvalue weighted by Crippen LogP contribution is 2.09. The number of nitrogens with zero attached hydrogens (tertiary/aromatic N) is 4. The Morgan fingerprint density at radius 2 is 2.30 bits per heavy atom. The number of nitrogen functional groups attached to an aromatic ring is 1. The number of anilines is 1. The van der Waals surface area contributed by atoms with Crippen LogP contribution in [-0.4, -0.2) is 25.6 Å². The summed E-state index contributed by atoms with van der Waals surface area (Å²) in [6.07, 6.45) is 1.44. The van der Waals surface area contributed by atoms with Gasteiger partial charge >= 0.3 is 0 Å². The van der Waals surface area contributed by atoms with Crippen molar-refractivity contribution < 1.29 is 0 Å². The number of hydrogen-bond donors (Lipinski definition) is 2. The molecule has 2 aromatic heterocycles. The average molecular weight is 136 g/mol. The Morgan fingerprint density at radius 3 is 3.10 bits per heavy atom. The number of aromatic amines is 1. The van der Waals surface area contributed by atoms with E-state index >= 15 is 0 Å². The minimum absolute atomic E-state index is 0.444. The first kappa shape index (κ1) is 5.10. The molecule has 0 bridgehead atoms. The maximum absolute atomic E-state index is 5.48. The Labute approximate surface area is 55.4 Å². The predicted molar refractivity (Wildman–Crippen MR) is 33.9 cm³/mol. The minimum Gasteiger partial charge on any atom is -0.395 e. The van der Waals surface area contributed by atoms with E-state index in [-0.39, 0.29) is 0 Å². The maximum Gasteiger partial charge on any atom is 0.225 e. The molecule has 0 fully saturated rings. The van der Waals surface area contributed by atoms with Crippen molar-refractivity contribution in [2.24, 2.45) is 0 Å². The highest BCUT2D eigenvalue weighted by atomic mass is 15.4. The molecule has 0 saturated heterocycles. The van der Waals surface area contributed by atoms with E-state index in [1.54, 1.807) is 0 Å². The first-order valence-corrected chi connectivity index (χ1v) is 2.65. The third-order valence-corrected chi connectivity index (χ3v) is 1.15. The van der Waals surface area contributed by atoms with E-state index < -0.39 is 0 Å². The number of hydrogen-bond acceptors (Lipinski definition) is 5. The summed E-state index contributed by atoms with van der Waals surface area (Å²) in [5.74, 6) is 0. The third-order valence-electron chi connectivity index (χ3n) is 1.15. The van der Waals surface area contributed by atoms with Crippen LogP contribution in [0.2, 0.25) is 0 Å². The van der Waals surface area contributed by atoms with E-state index in [1.165, 1.54) is 6.20 Å². The lowest BCUT2D eigenvalue weighted by molar-refractivity contribution is 0.946. The van der Waals surface area contributed by atoms with Crippen LogP contribution in [0.3, 0.4) is 0 Å². The molecule has 0 aliphatic rings. The van der Waals surface area contributed by atoms with Crippen molar-refractivity contribution in [3.8, 4) is 0 Å². The molecular formula is C4H4N6. The quantitative estimate of drug-likeness (QED) is 0.501. The van der Waals surface area contributed by atoms with Crippen LogP contribution in [0.5, 0.6) is 0 Å². The second kappa shape index (κ2) is 1.63. The van der Waals surface area contributed by atoms with E-state index in [2.05, 4.69) is 25.6 Å². The smallest absolute Gasteiger partial charge is 0.225 e. The van der Waals surface area contributed by atoms with E-state index in [0.717, 1.165) is 0 Å². The molecule has 2 heterocycles. The summed E-state index contributed by atoms with van der Waals surface area (Å²) < 4.78 is 0. The van der Waals surface area contributed by atoms with Gasteiger partial charge in [-0.2, -0.15) is 15.4 Å². The lowest BCUT2D eigenvalue weighted by Crippen LogP contribution is -1.90. The standard InChI is InChI=1S/C4H4N6/c5-2-1-6-8-4-3(2)7-10-9-4/h1H,(H3,5,7,8,9,10). The minimum atomic E-state index is 0.444. The molecule has 0 radical (unpaired) electrons. The SMILES string of the molecule is Nc1cnnc2n[nH]nc12. The van der Waals surface area contributed by atoms with Gasteiger partial charge in [-0.15, -0.1) is 10.2 Å². The molecule has 50 valence electrons. The summed E-state index contributed by atoms with van der Waals surface area (Å²) in [4.78, 5) is 0. The summed E-state index contributed by atoms with van der Waals surface area (Å²) in [7, 11) is 0. The Balaban J connectivity index is 2.95. The lowest BCUT2D eigenvalue weighted by Gasteiger charge is -1.86. The van der Waals surface area contributed by atoms with E-state index in [0.29, 0.717) is 16.9 Å². The zero-order valence-corrected chi connectivity index (χ0v) is 4.94. The van der Waals surface area contributed by atoms with E-state index in [1.807, 2.05) is 0 Å². The molecule has 0 atom stereocenters. The normalized spacial score (nSPS) is 10.4. The van der Waals surface area contributed by atoms with E-state index in [4.69, 9.17) is 5.73 Å². The number of H-pyrrole nitrogens is 1. The van der Waals surface area contributed by atoms with Crippen LogP contribution >= 0.6 is 0 Å². The fraction of sp³-hybridized carbons (Fsp3) is 0. The van der Waals surface area contributed by atoms with Crippen molar-refractivity contribution >= 4 is 16.9 Å². The lowest BCUT2D eigenvalue weighted by atomic mass is 10.4. The predicted octanol–water partition coefficient (Wildman–Crippen LogP) is -0.670. The van der Waals surface area contributed by atoms with Crippen molar-refractivity contribution in [2.45, 2.75) is 0 Å². The van der Waals surface area contributed by atoms with Crippen LogP contribution in [0.25, 0.3) is 11.2 Å². The van der Waals surface area contributed by atoms with Crippen LogP contribution in [0.15, 0.2) is 6.20 Å². The second-order valence-corrected chi connectivity index (χ2v) is 1.80. The van der Waals surface area contributed by atoms with Gasteiger partial charge in [0.2, 0.25) is 5.65 Å². The van der Waals surface area contributed by atoms with Crippen LogP contribution in [0.4, 0.5) is 5.69 Å². The molecule has 0 amide bonds. The zero-order chi connectivity index (χ0) is 6.97. The van der Waals surface area contributed by atoms with Crippen molar-refractivity contribution in [1.29, 1.82) is 0 Å².